The molecular formula is H6CaNaPSi. The Morgan fingerprint density at radius 1 is 1.25 bits per heavy atom. The topological polar surface area (TPSA) is 0 Å². The molecule has 0 aliphatic carbocycles. The standard InChI is InChI=1S/Ca.Na.H2P.H3Si.H/h;;1H2;1H3;/q+2;+1;3*-1. The van der Waals surface area contributed by atoms with Crippen LogP contribution in [0.5, 0.6) is 0 Å². The van der Waals surface area contributed by atoms with Crippen LogP contribution >= 0.6 is 9.90 Å². The van der Waals surface area contributed by atoms with Gasteiger partial charge in [-0.25, -0.2) is 0 Å². The monoisotopic (exact) mass is 128 g/mol. The van der Waals surface area contributed by atoms with Gasteiger partial charge in [-0.1, -0.05) is 0 Å². The SMILES string of the molecule is [Ca+2].[H-].[Na+].[PH2-].[SiH3-]. The third-order valence-corrected chi connectivity index (χ3v) is 0. The third kappa shape index (κ3) is 8.86. The van der Waals surface area contributed by atoms with E-state index in [9.17, 15) is 0 Å². The summed E-state index contributed by atoms with van der Waals surface area (Å²) in [6.45, 7) is 0. The van der Waals surface area contributed by atoms with Gasteiger partial charge >= 0.3 is 67.3 Å². The van der Waals surface area contributed by atoms with E-state index < -0.39 is 0 Å². The first kappa shape index (κ1) is 28.5. The van der Waals surface area contributed by atoms with Gasteiger partial charge in [-0.3, -0.25) is 0 Å². The van der Waals surface area contributed by atoms with E-state index >= 15 is 0 Å². The molecule has 0 nitrogen and oxygen atoms in total. The van der Waals surface area contributed by atoms with Gasteiger partial charge < -0.3 is 22.3 Å². The van der Waals surface area contributed by atoms with Crippen molar-refractivity contribution in [2.24, 2.45) is 0 Å². The maximum absolute atomic E-state index is 0. The van der Waals surface area contributed by atoms with Gasteiger partial charge in [0.1, 0.15) is 0 Å². The first-order valence-electron chi connectivity index (χ1n) is 0. The van der Waals surface area contributed by atoms with Crippen molar-refractivity contribution in [2.45, 2.75) is 0 Å². The molecule has 0 rings (SSSR count). The van der Waals surface area contributed by atoms with Gasteiger partial charge in [-0.05, 0) is 0 Å². The van der Waals surface area contributed by atoms with Crippen molar-refractivity contribution in [2.75, 3.05) is 0 Å². The van der Waals surface area contributed by atoms with Crippen LogP contribution < -0.4 is 29.6 Å². The van der Waals surface area contributed by atoms with Gasteiger partial charge in [0, 0.05) is 0 Å². The summed E-state index contributed by atoms with van der Waals surface area (Å²) in [6, 6.07) is 0. The second kappa shape index (κ2) is 16.8. The van der Waals surface area contributed by atoms with Crippen molar-refractivity contribution in [1.82, 2.24) is 0 Å². The average Bonchev–Trinajstić information content (AvgIpc) is 0. The van der Waals surface area contributed by atoms with Crippen LogP contribution in [0.4, 0.5) is 0 Å². The van der Waals surface area contributed by atoms with Crippen LogP contribution in [0.15, 0.2) is 0 Å². The Balaban J connectivity index is 0. The Morgan fingerprint density at radius 2 is 1.25 bits per heavy atom. The molecule has 0 radical (unpaired) electrons. The quantitative estimate of drug-likeness (QED) is 0.230. The smallest absolute Gasteiger partial charge is 1.00 e. The molecule has 0 saturated heterocycles. The summed E-state index contributed by atoms with van der Waals surface area (Å²) in [5, 5.41) is 0. The van der Waals surface area contributed by atoms with Gasteiger partial charge in [0.2, 0.25) is 0 Å². The first-order valence-corrected chi connectivity index (χ1v) is 0. The molecule has 0 aromatic carbocycles. The van der Waals surface area contributed by atoms with Crippen molar-refractivity contribution < 1.29 is 31.0 Å². The Bertz CT molecular complexity index is 11.6. The van der Waals surface area contributed by atoms with Gasteiger partial charge in [0.25, 0.3) is 0 Å². The second-order valence-electron chi connectivity index (χ2n) is 0. The van der Waals surface area contributed by atoms with Crippen LogP contribution in [0.3, 0.4) is 0 Å². The van der Waals surface area contributed by atoms with Crippen molar-refractivity contribution in [3.63, 3.8) is 0 Å². The zero-order valence-electron chi connectivity index (χ0n) is 4.28. The van der Waals surface area contributed by atoms with Crippen LogP contribution in [-0.4, -0.2) is 48.7 Å². The fraction of sp³-hybridized carbons (Fsp3) is 0. The average molecular weight is 128 g/mol. The molecule has 0 atom stereocenters. The molecule has 18 valence electrons. The maximum atomic E-state index is 0. The summed E-state index contributed by atoms with van der Waals surface area (Å²) < 4.78 is 0. The zero-order valence-corrected chi connectivity index (χ0v) is 10.6. The summed E-state index contributed by atoms with van der Waals surface area (Å²) in [4.78, 5) is 0. The molecule has 4 heteroatoms. The first-order chi connectivity index (χ1) is 0. The fourth-order valence-electron chi connectivity index (χ4n) is 0. The van der Waals surface area contributed by atoms with E-state index in [-0.39, 0.29) is 89.6 Å². The summed E-state index contributed by atoms with van der Waals surface area (Å²) in [5.74, 6) is 0. The number of rotatable bonds is 0. The molecule has 0 aliphatic rings. The van der Waals surface area contributed by atoms with Gasteiger partial charge in [0.15, 0.2) is 0 Å². The Morgan fingerprint density at radius 3 is 1.25 bits per heavy atom. The summed E-state index contributed by atoms with van der Waals surface area (Å²) in [6.07, 6.45) is 0. The molecule has 0 heterocycles. The van der Waals surface area contributed by atoms with E-state index in [2.05, 4.69) is 0 Å². The van der Waals surface area contributed by atoms with Crippen LogP contribution in [0.1, 0.15) is 1.43 Å². The van der Waals surface area contributed by atoms with E-state index in [0.717, 1.165) is 0 Å². The molecular weight excluding hydrogens is 122 g/mol. The van der Waals surface area contributed by atoms with E-state index in [1.807, 2.05) is 0 Å². The molecule has 0 spiro atoms. The van der Waals surface area contributed by atoms with Gasteiger partial charge in [-0.15, -0.1) is 0 Å². The van der Waals surface area contributed by atoms with Crippen molar-refractivity contribution >= 4 is 58.6 Å². The summed E-state index contributed by atoms with van der Waals surface area (Å²) in [5.41, 5.74) is 0. The van der Waals surface area contributed by atoms with E-state index in [1.54, 1.807) is 0 Å². The molecule has 0 aromatic heterocycles. The van der Waals surface area contributed by atoms with Crippen LogP contribution in [-0.2, 0) is 0 Å². The molecule has 0 saturated carbocycles. The van der Waals surface area contributed by atoms with Crippen molar-refractivity contribution in [3.05, 3.63) is 0 Å². The van der Waals surface area contributed by atoms with Gasteiger partial charge in [0.05, 0.1) is 0 Å². The fourth-order valence-corrected chi connectivity index (χ4v) is 0. The van der Waals surface area contributed by atoms with E-state index in [4.69, 9.17) is 0 Å². The Labute approximate surface area is 87.9 Å². The number of hydrogen-bond acceptors (Lipinski definition) is 0. The predicted molar refractivity (Wildman–Crippen MR) is 26.5 cm³/mol. The van der Waals surface area contributed by atoms with E-state index in [1.165, 1.54) is 0 Å². The van der Waals surface area contributed by atoms with Crippen LogP contribution in [0.25, 0.3) is 0 Å². The molecule has 0 unspecified atom stereocenters. The minimum atomic E-state index is 0. The predicted octanol–water partition coefficient (Wildman–Crippen LogP) is -4.12. The van der Waals surface area contributed by atoms with E-state index in [0.29, 0.717) is 0 Å². The minimum absolute atomic E-state index is 0. The zero-order chi connectivity index (χ0) is 0. The normalized spacial score (nSPS) is 0. The molecule has 0 aliphatic heterocycles. The largest absolute Gasteiger partial charge is 2.00 e. The number of hydrogen-bond donors (Lipinski definition) is 0. The Hall–Kier alpha value is 2.91. The minimum Gasteiger partial charge on any atom is -1.00 e. The van der Waals surface area contributed by atoms with Gasteiger partial charge in [-0.2, -0.15) is 0 Å². The maximum Gasteiger partial charge on any atom is 2.00 e. The summed E-state index contributed by atoms with van der Waals surface area (Å²) >= 11 is 0. The molecule has 0 aromatic rings. The van der Waals surface area contributed by atoms with Crippen molar-refractivity contribution in [3.8, 4) is 0 Å². The van der Waals surface area contributed by atoms with Crippen LogP contribution in [0.2, 0.25) is 0 Å². The molecule has 0 amide bonds. The molecule has 4 heavy (non-hydrogen) atoms. The van der Waals surface area contributed by atoms with Crippen molar-refractivity contribution in [1.29, 1.82) is 0 Å². The van der Waals surface area contributed by atoms with Crippen LogP contribution in [0, 0.1) is 0 Å². The summed E-state index contributed by atoms with van der Waals surface area (Å²) in [7, 11) is 0. The Kier molecular flexibility index (Phi) is 120. The molecule has 0 N–H and O–H groups in total. The molecule has 0 bridgehead atoms. The second-order valence-corrected chi connectivity index (χ2v) is 0. The third-order valence-electron chi connectivity index (χ3n) is 0. The molecule has 0 fully saturated rings.